The van der Waals surface area contributed by atoms with Crippen molar-refractivity contribution in [2.75, 3.05) is 13.1 Å². The molecule has 1 aliphatic rings. The average molecular weight is 140 g/mol. The molecule has 0 unspecified atom stereocenters. The van der Waals surface area contributed by atoms with E-state index < -0.39 is 0 Å². The zero-order valence-electron chi connectivity index (χ0n) is 6.69. The van der Waals surface area contributed by atoms with Gasteiger partial charge in [-0.2, -0.15) is 0 Å². The van der Waals surface area contributed by atoms with Crippen molar-refractivity contribution >= 4 is 5.84 Å². The number of amidine groups is 1. The highest BCUT2D eigenvalue weighted by molar-refractivity contribution is 5.82. The number of hydrogen-bond acceptors (Lipinski definition) is 2. The molecule has 58 valence electrons. The lowest BCUT2D eigenvalue weighted by Gasteiger charge is -2.12. The molecular weight excluding hydrogens is 124 g/mol. The summed E-state index contributed by atoms with van der Waals surface area (Å²) >= 11 is 0. The predicted molar refractivity (Wildman–Crippen MR) is 44.4 cm³/mol. The van der Waals surface area contributed by atoms with Crippen LogP contribution in [0.3, 0.4) is 0 Å². The van der Waals surface area contributed by atoms with Crippen molar-refractivity contribution in [3.8, 4) is 0 Å². The van der Waals surface area contributed by atoms with E-state index in [9.17, 15) is 0 Å². The van der Waals surface area contributed by atoms with E-state index in [2.05, 4.69) is 17.2 Å². The normalized spacial score (nSPS) is 18.3. The van der Waals surface area contributed by atoms with Gasteiger partial charge < -0.3 is 5.32 Å². The smallest absolute Gasteiger partial charge is 0.0963 e. The largest absolute Gasteiger partial charge is 0.374 e. The van der Waals surface area contributed by atoms with Crippen LogP contribution < -0.4 is 5.32 Å². The van der Waals surface area contributed by atoms with Crippen molar-refractivity contribution < 1.29 is 0 Å². The lowest BCUT2D eigenvalue weighted by atomic mass is 10.2. The van der Waals surface area contributed by atoms with Gasteiger partial charge in [-0.3, -0.25) is 4.99 Å². The minimum Gasteiger partial charge on any atom is -0.374 e. The summed E-state index contributed by atoms with van der Waals surface area (Å²) in [6.45, 7) is 4.29. The number of hydrogen-bond donors (Lipinski definition) is 1. The maximum absolute atomic E-state index is 4.37. The molecule has 0 aromatic heterocycles. The van der Waals surface area contributed by atoms with Crippen LogP contribution in [0.2, 0.25) is 0 Å². The van der Waals surface area contributed by atoms with Crippen LogP contribution in [-0.2, 0) is 0 Å². The van der Waals surface area contributed by atoms with Crippen LogP contribution in [0.5, 0.6) is 0 Å². The third-order valence-electron chi connectivity index (χ3n) is 1.70. The van der Waals surface area contributed by atoms with Crippen LogP contribution in [0.4, 0.5) is 0 Å². The van der Waals surface area contributed by atoms with Crippen LogP contribution in [0.15, 0.2) is 4.99 Å². The molecule has 0 bridgehead atoms. The molecule has 0 saturated carbocycles. The Balaban J connectivity index is 2.18. The van der Waals surface area contributed by atoms with Crippen LogP contribution in [-0.4, -0.2) is 18.9 Å². The first-order chi connectivity index (χ1) is 4.93. The average Bonchev–Trinajstić information content (AvgIpc) is 2.03. The Labute approximate surface area is 62.7 Å². The molecule has 2 nitrogen and oxygen atoms in total. The highest BCUT2D eigenvalue weighted by atomic mass is 15.0. The minimum atomic E-state index is 1.03. The van der Waals surface area contributed by atoms with Gasteiger partial charge in [-0.1, -0.05) is 6.92 Å². The van der Waals surface area contributed by atoms with Gasteiger partial charge in [0.05, 0.1) is 5.84 Å². The van der Waals surface area contributed by atoms with Gasteiger partial charge in [0.1, 0.15) is 0 Å². The molecule has 1 rings (SSSR count). The van der Waals surface area contributed by atoms with Crippen molar-refractivity contribution in [3.63, 3.8) is 0 Å². The number of nitrogens with one attached hydrogen (secondary N) is 1. The molecule has 0 fully saturated rings. The van der Waals surface area contributed by atoms with E-state index in [-0.39, 0.29) is 0 Å². The van der Waals surface area contributed by atoms with E-state index in [4.69, 9.17) is 0 Å². The second-order valence-corrected chi connectivity index (χ2v) is 2.71. The molecule has 0 saturated heterocycles. The highest BCUT2D eigenvalue weighted by Gasteiger charge is 2.02. The van der Waals surface area contributed by atoms with E-state index in [1.807, 2.05) is 0 Å². The zero-order chi connectivity index (χ0) is 7.23. The molecule has 0 aliphatic carbocycles. The Morgan fingerprint density at radius 1 is 1.50 bits per heavy atom. The Hall–Kier alpha value is -0.530. The van der Waals surface area contributed by atoms with Crippen LogP contribution in [0, 0.1) is 0 Å². The van der Waals surface area contributed by atoms with E-state index in [0.717, 1.165) is 13.1 Å². The van der Waals surface area contributed by atoms with Gasteiger partial charge in [0.2, 0.25) is 0 Å². The van der Waals surface area contributed by atoms with Crippen molar-refractivity contribution in [2.24, 2.45) is 4.99 Å². The molecule has 0 spiro atoms. The number of nitrogens with zero attached hydrogens (tertiary/aromatic N) is 1. The van der Waals surface area contributed by atoms with Crippen molar-refractivity contribution in [1.82, 2.24) is 5.32 Å². The number of rotatable bonds is 2. The monoisotopic (exact) mass is 140 g/mol. The summed E-state index contributed by atoms with van der Waals surface area (Å²) in [6.07, 6.45) is 4.95. The molecule has 1 N–H and O–H groups in total. The second kappa shape index (κ2) is 4.31. The highest BCUT2D eigenvalue weighted by Crippen LogP contribution is 2.03. The van der Waals surface area contributed by atoms with Crippen LogP contribution >= 0.6 is 0 Å². The molecule has 0 amide bonds. The van der Waals surface area contributed by atoms with Crippen molar-refractivity contribution in [1.29, 1.82) is 0 Å². The lowest BCUT2D eigenvalue weighted by molar-refractivity contribution is 0.701. The Morgan fingerprint density at radius 2 is 2.40 bits per heavy atom. The van der Waals surface area contributed by atoms with Gasteiger partial charge >= 0.3 is 0 Å². The third-order valence-corrected chi connectivity index (χ3v) is 1.70. The molecule has 2 heteroatoms. The van der Waals surface area contributed by atoms with Gasteiger partial charge in [-0.25, -0.2) is 0 Å². The first-order valence-corrected chi connectivity index (χ1v) is 4.20. The molecule has 0 aromatic carbocycles. The van der Waals surface area contributed by atoms with Gasteiger partial charge in [-0.05, 0) is 19.3 Å². The molecule has 1 heterocycles. The Bertz CT molecular complexity index is 118. The second-order valence-electron chi connectivity index (χ2n) is 2.71. The van der Waals surface area contributed by atoms with Crippen molar-refractivity contribution in [3.05, 3.63) is 0 Å². The van der Waals surface area contributed by atoms with E-state index in [1.165, 1.54) is 31.5 Å². The first-order valence-electron chi connectivity index (χ1n) is 4.20. The summed E-state index contributed by atoms with van der Waals surface area (Å²) in [5.74, 6) is 1.23. The molecule has 0 aromatic rings. The Kier molecular flexibility index (Phi) is 3.27. The van der Waals surface area contributed by atoms with Gasteiger partial charge in [0, 0.05) is 19.5 Å². The maximum Gasteiger partial charge on any atom is 0.0963 e. The SMILES string of the molecule is CCCNC1=NCCCC1. The standard InChI is InChI=1S/C8H16N2/c1-2-6-9-8-5-3-4-7-10-8/h2-7H2,1H3,(H,9,10). The summed E-state index contributed by atoms with van der Waals surface area (Å²) < 4.78 is 0. The predicted octanol–water partition coefficient (Wildman–Crippen LogP) is 1.57. The quantitative estimate of drug-likeness (QED) is 0.618. The molecule has 10 heavy (non-hydrogen) atoms. The van der Waals surface area contributed by atoms with E-state index in [0.29, 0.717) is 0 Å². The summed E-state index contributed by atoms with van der Waals surface area (Å²) in [4.78, 5) is 4.37. The lowest BCUT2D eigenvalue weighted by Crippen LogP contribution is -2.26. The molecule has 0 radical (unpaired) electrons. The maximum atomic E-state index is 4.37. The van der Waals surface area contributed by atoms with Gasteiger partial charge in [0.25, 0.3) is 0 Å². The topological polar surface area (TPSA) is 24.4 Å². The Morgan fingerprint density at radius 3 is 3.00 bits per heavy atom. The fraction of sp³-hybridized carbons (Fsp3) is 0.875. The minimum absolute atomic E-state index is 1.03. The zero-order valence-corrected chi connectivity index (χ0v) is 6.69. The molecule has 1 aliphatic heterocycles. The van der Waals surface area contributed by atoms with E-state index >= 15 is 0 Å². The number of aliphatic imine (C=N–C) groups is 1. The summed E-state index contributed by atoms with van der Waals surface area (Å²) in [7, 11) is 0. The van der Waals surface area contributed by atoms with Gasteiger partial charge in [0.15, 0.2) is 0 Å². The fourth-order valence-electron chi connectivity index (χ4n) is 1.11. The van der Waals surface area contributed by atoms with Crippen LogP contribution in [0.25, 0.3) is 0 Å². The summed E-state index contributed by atoms with van der Waals surface area (Å²) in [6, 6.07) is 0. The third kappa shape index (κ3) is 2.38. The van der Waals surface area contributed by atoms with E-state index in [1.54, 1.807) is 0 Å². The summed E-state index contributed by atoms with van der Waals surface area (Å²) in [5, 5.41) is 3.32. The van der Waals surface area contributed by atoms with Crippen molar-refractivity contribution in [2.45, 2.75) is 32.6 Å². The first kappa shape index (κ1) is 7.58. The van der Waals surface area contributed by atoms with Crippen LogP contribution in [0.1, 0.15) is 32.6 Å². The fourth-order valence-corrected chi connectivity index (χ4v) is 1.11. The summed E-state index contributed by atoms with van der Waals surface area (Å²) in [5.41, 5.74) is 0. The molecule has 0 atom stereocenters. The molecular formula is C8H16N2. The van der Waals surface area contributed by atoms with Gasteiger partial charge in [-0.15, -0.1) is 0 Å².